The lowest BCUT2D eigenvalue weighted by molar-refractivity contribution is 0.0926. The van der Waals surface area contributed by atoms with Crippen molar-refractivity contribution in [2.45, 2.75) is 58.3 Å². The fourth-order valence-electron chi connectivity index (χ4n) is 3.57. The van der Waals surface area contributed by atoms with Gasteiger partial charge in [0, 0.05) is 18.5 Å². The van der Waals surface area contributed by atoms with Gasteiger partial charge < -0.3 is 4.90 Å². The number of carbonyl (C=O) groups is 1. The third kappa shape index (κ3) is 5.42. The van der Waals surface area contributed by atoms with Crippen molar-refractivity contribution < 1.29 is 4.79 Å². The highest BCUT2D eigenvalue weighted by Crippen LogP contribution is 2.32. The molecule has 0 aromatic heterocycles. The first kappa shape index (κ1) is 19.7. The number of benzene rings is 1. The van der Waals surface area contributed by atoms with E-state index in [1.807, 2.05) is 12.1 Å². The van der Waals surface area contributed by atoms with Gasteiger partial charge in [0.25, 0.3) is 0 Å². The summed E-state index contributed by atoms with van der Waals surface area (Å²) in [5, 5.41) is 0. The lowest BCUT2D eigenvalue weighted by Gasteiger charge is -2.31. The first-order valence-corrected chi connectivity index (χ1v) is 9.28. The molecule has 134 valence electrons. The van der Waals surface area contributed by atoms with Gasteiger partial charge >= 0.3 is 0 Å². The topological polar surface area (TPSA) is 20.3 Å². The first-order valence-electron chi connectivity index (χ1n) is 9.28. The summed E-state index contributed by atoms with van der Waals surface area (Å²) in [5.74, 6) is 1.89. The molecule has 1 heterocycles. The van der Waals surface area contributed by atoms with E-state index >= 15 is 0 Å². The van der Waals surface area contributed by atoms with Crippen molar-refractivity contribution in [3.63, 3.8) is 0 Å². The Morgan fingerprint density at radius 1 is 1.00 bits per heavy atom. The van der Waals surface area contributed by atoms with Crippen molar-refractivity contribution in [3.05, 3.63) is 35.4 Å². The van der Waals surface area contributed by atoms with Gasteiger partial charge in [0.2, 0.25) is 0 Å². The lowest BCUT2D eigenvalue weighted by Crippen LogP contribution is -2.35. The highest BCUT2D eigenvalue weighted by atomic mass is 79.9. The molecular formula is C21H32BrNO. The summed E-state index contributed by atoms with van der Waals surface area (Å²) in [6.45, 7) is 10.3. The van der Waals surface area contributed by atoms with Gasteiger partial charge in [-0.2, -0.15) is 0 Å². The number of hydrogen-bond acceptors (Lipinski definition) is 2. The number of hydrogen-bond donors (Lipinski definition) is 0. The average molecular weight is 394 g/mol. The number of nitrogens with zero attached hydrogens (tertiary/aromatic N) is 1. The van der Waals surface area contributed by atoms with Gasteiger partial charge in [-0.25, -0.2) is 0 Å². The molecule has 0 radical (unpaired) electrons. The quantitative estimate of drug-likeness (QED) is 0.635. The summed E-state index contributed by atoms with van der Waals surface area (Å²) in [4.78, 5) is 15.1. The monoisotopic (exact) mass is 393 g/mol. The number of ketones is 1. The number of Topliss-reactive ketones (excluding diaryl/α,β-unsaturated/α-hetero) is 1. The normalized spacial score (nSPS) is 19.8. The molecule has 2 nitrogen and oxygen atoms in total. The van der Waals surface area contributed by atoms with Crippen molar-refractivity contribution in [2.24, 2.45) is 11.8 Å². The minimum atomic E-state index is 0. The van der Waals surface area contributed by atoms with Crippen molar-refractivity contribution in [2.75, 3.05) is 19.6 Å². The maximum Gasteiger partial charge on any atom is 0.163 e. The van der Waals surface area contributed by atoms with Gasteiger partial charge in [0.05, 0.1) is 0 Å². The van der Waals surface area contributed by atoms with Gasteiger partial charge in [-0.3, -0.25) is 4.79 Å². The molecule has 1 aliphatic heterocycles. The third-order valence-electron chi connectivity index (χ3n) is 5.47. The van der Waals surface area contributed by atoms with Crippen LogP contribution in [-0.2, 0) is 5.41 Å². The highest BCUT2D eigenvalue weighted by molar-refractivity contribution is 8.93. The third-order valence-corrected chi connectivity index (χ3v) is 5.47. The molecular weight excluding hydrogens is 362 g/mol. The predicted molar refractivity (Wildman–Crippen MR) is 106 cm³/mol. The van der Waals surface area contributed by atoms with Crippen molar-refractivity contribution in [3.8, 4) is 0 Å². The van der Waals surface area contributed by atoms with Gasteiger partial charge in [-0.05, 0) is 61.6 Å². The van der Waals surface area contributed by atoms with E-state index in [4.69, 9.17) is 0 Å². The van der Waals surface area contributed by atoms with E-state index in [2.05, 4.69) is 37.8 Å². The van der Waals surface area contributed by atoms with E-state index in [0.29, 0.717) is 11.7 Å². The van der Waals surface area contributed by atoms with Crippen molar-refractivity contribution in [1.29, 1.82) is 0 Å². The maximum absolute atomic E-state index is 12.5. The number of carbonyl (C=O) groups excluding carboxylic acids is 1. The summed E-state index contributed by atoms with van der Waals surface area (Å²) in [7, 11) is 0. The molecule has 1 saturated carbocycles. The first-order chi connectivity index (χ1) is 10.9. The zero-order chi connectivity index (χ0) is 16.4. The van der Waals surface area contributed by atoms with Crippen LogP contribution in [0.5, 0.6) is 0 Å². The molecule has 1 aromatic rings. The summed E-state index contributed by atoms with van der Waals surface area (Å²) in [6.07, 6.45) is 5.98. The van der Waals surface area contributed by atoms with Crippen LogP contribution in [0.3, 0.4) is 0 Å². The molecule has 0 unspecified atom stereocenters. The van der Waals surface area contributed by atoms with E-state index in [-0.39, 0.29) is 22.4 Å². The minimum Gasteiger partial charge on any atom is -0.303 e. The molecule has 1 aliphatic carbocycles. The van der Waals surface area contributed by atoms with E-state index in [9.17, 15) is 4.79 Å². The Balaban J connectivity index is 0.00000208. The van der Waals surface area contributed by atoms with Crippen LogP contribution < -0.4 is 0 Å². The zero-order valence-electron chi connectivity index (χ0n) is 15.4. The lowest BCUT2D eigenvalue weighted by atomic mass is 9.85. The number of halogens is 1. The van der Waals surface area contributed by atoms with E-state index in [1.165, 1.54) is 50.9 Å². The van der Waals surface area contributed by atoms with Crippen LogP contribution in [0, 0.1) is 11.8 Å². The Bertz CT molecular complexity index is 534. The van der Waals surface area contributed by atoms with E-state index in [0.717, 1.165) is 17.9 Å². The van der Waals surface area contributed by atoms with Crippen LogP contribution in [-0.4, -0.2) is 30.3 Å². The van der Waals surface area contributed by atoms with Crippen LogP contribution >= 0.6 is 17.0 Å². The molecule has 0 N–H and O–H groups in total. The van der Waals surface area contributed by atoms with Gasteiger partial charge in [-0.15, -0.1) is 17.0 Å². The zero-order valence-corrected chi connectivity index (χ0v) is 17.1. The largest absolute Gasteiger partial charge is 0.303 e. The number of likely N-dealkylation sites (tertiary alicyclic amines) is 1. The summed E-state index contributed by atoms with van der Waals surface area (Å²) < 4.78 is 0. The standard InChI is InChI=1S/C21H31NO.BrH/c1-21(2,3)19-8-6-18(7-9-19)20(23)14-16-10-12-22(13-11-16)15-17-4-5-17;/h6-9,16-17H,4-5,10-15H2,1-3H3;1H. The molecule has 0 amide bonds. The van der Waals surface area contributed by atoms with Crippen molar-refractivity contribution in [1.82, 2.24) is 4.90 Å². The molecule has 1 aromatic carbocycles. The van der Waals surface area contributed by atoms with Crippen molar-refractivity contribution >= 4 is 22.8 Å². The van der Waals surface area contributed by atoms with Crippen LogP contribution in [0.1, 0.15) is 68.8 Å². The number of piperidine rings is 1. The molecule has 2 fully saturated rings. The van der Waals surface area contributed by atoms with Crippen LogP contribution in [0.15, 0.2) is 24.3 Å². The molecule has 24 heavy (non-hydrogen) atoms. The maximum atomic E-state index is 12.5. The summed E-state index contributed by atoms with van der Waals surface area (Å²) in [6, 6.07) is 8.27. The van der Waals surface area contributed by atoms with Crippen LogP contribution in [0.2, 0.25) is 0 Å². The molecule has 0 atom stereocenters. The molecule has 1 saturated heterocycles. The van der Waals surface area contributed by atoms with Gasteiger partial charge in [0.1, 0.15) is 0 Å². The van der Waals surface area contributed by atoms with E-state index in [1.54, 1.807) is 0 Å². The SMILES string of the molecule is Br.CC(C)(C)c1ccc(C(=O)CC2CCN(CC3CC3)CC2)cc1. The second-order valence-corrected chi connectivity index (χ2v) is 8.64. The second kappa shape index (κ2) is 8.14. The fraction of sp³-hybridized carbons (Fsp3) is 0.667. The van der Waals surface area contributed by atoms with Gasteiger partial charge in [-0.1, -0.05) is 45.0 Å². The molecule has 0 bridgehead atoms. The highest BCUT2D eigenvalue weighted by Gasteiger charge is 2.27. The number of rotatable bonds is 5. The van der Waals surface area contributed by atoms with Crippen LogP contribution in [0.25, 0.3) is 0 Å². The summed E-state index contributed by atoms with van der Waals surface area (Å²) >= 11 is 0. The van der Waals surface area contributed by atoms with E-state index < -0.39 is 0 Å². The predicted octanol–water partition coefficient (Wildman–Crippen LogP) is 5.26. The Morgan fingerprint density at radius 3 is 2.08 bits per heavy atom. The Labute approximate surface area is 157 Å². The molecule has 3 heteroatoms. The Morgan fingerprint density at radius 2 is 1.58 bits per heavy atom. The Kier molecular flexibility index (Phi) is 6.66. The molecule has 0 spiro atoms. The molecule has 3 rings (SSSR count). The smallest absolute Gasteiger partial charge is 0.163 e. The molecule has 2 aliphatic rings. The minimum absolute atomic E-state index is 0. The average Bonchev–Trinajstić information content (AvgIpc) is 3.32. The fourth-order valence-corrected chi connectivity index (χ4v) is 3.57. The Hall–Kier alpha value is -0.670. The van der Waals surface area contributed by atoms with Crippen LogP contribution in [0.4, 0.5) is 0 Å². The summed E-state index contributed by atoms with van der Waals surface area (Å²) in [5.41, 5.74) is 2.33. The van der Waals surface area contributed by atoms with Gasteiger partial charge in [0.15, 0.2) is 5.78 Å². The second-order valence-electron chi connectivity index (χ2n) is 8.64.